The van der Waals surface area contributed by atoms with Gasteiger partial charge in [0.15, 0.2) is 0 Å². The summed E-state index contributed by atoms with van der Waals surface area (Å²) in [6.07, 6.45) is 1.67. The second-order valence-electron chi connectivity index (χ2n) is 5.46. The van der Waals surface area contributed by atoms with Crippen LogP contribution in [0.4, 0.5) is 0 Å². The third-order valence-corrected chi connectivity index (χ3v) is 3.95. The quantitative estimate of drug-likeness (QED) is 0.871. The van der Waals surface area contributed by atoms with Gasteiger partial charge in [-0.05, 0) is 38.8 Å². The predicted molar refractivity (Wildman–Crippen MR) is 80.6 cm³/mol. The molecule has 120 valence electrons. The number of carbonyl (C=O) groups excluding carboxylic acids is 1. The summed E-state index contributed by atoms with van der Waals surface area (Å²) in [5.41, 5.74) is 1.17. The van der Waals surface area contributed by atoms with Crippen molar-refractivity contribution in [2.24, 2.45) is 0 Å². The van der Waals surface area contributed by atoms with Gasteiger partial charge in [0, 0.05) is 17.2 Å². The Morgan fingerprint density at radius 3 is 2.09 bits per heavy atom. The third kappa shape index (κ3) is 3.00. The van der Waals surface area contributed by atoms with E-state index >= 15 is 0 Å². The van der Waals surface area contributed by atoms with Crippen LogP contribution < -0.4 is 9.47 Å². The fourth-order valence-electron chi connectivity index (χ4n) is 2.49. The number of hydrogen-bond acceptors (Lipinski definition) is 4. The molecule has 0 aliphatic heterocycles. The number of aliphatic carboxylic acids is 1. The lowest BCUT2D eigenvalue weighted by Crippen LogP contribution is -2.44. The van der Waals surface area contributed by atoms with Crippen molar-refractivity contribution in [3.63, 3.8) is 0 Å². The zero-order valence-electron chi connectivity index (χ0n) is 13.3. The molecule has 0 heterocycles. The average molecular weight is 307 g/mol. The Labute approximate surface area is 129 Å². The maximum Gasteiger partial charge on any atom is 0.326 e. The van der Waals surface area contributed by atoms with Crippen LogP contribution in [0.2, 0.25) is 0 Å². The fourth-order valence-corrected chi connectivity index (χ4v) is 2.49. The summed E-state index contributed by atoms with van der Waals surface area (Å²) < 4.78 is 10.6. The number of carbonyl (C=O) groups is 2. The lowest BCUT2D eigenvalue weighted by atomic mass is 10.1. The van der Waals surface area contributed by atoms with Crippen LogP contribution in [0, 0.1) is 6.92 Å². The van der Waals surface area contributed by atoms with E-state index in [1.54, 1.807) is 12.1 Å². The van der Waals surface area contributed by atoms with E-state index in [1.165, 1.54) is 26.0 Å². The molecular weight excluding hydrogens is 286 g/mol. The van der Waals surface area contributed by atoms with Crippen molar-refractivity contribution in [2.75, 3.05) is 14.2 Å². The Kier molecular flexibility index (Phi) is 4.59. The van der Waals surface area contributed by atoms with Gasteiger partial charge in [-0.2, -0.15) is 0 Å². The van der Waals surface area contributed by atoms with Crippen molar-refractivity contribution in [1.82, 2.24) is 4.90 Å². The number of methoxy groups -OCH3 is 2. The number of ether oxygens (including phenoxy) is 2. The Morgan fingerprint density at radius 1 is 1.23 bits per heavy atom. The van der Waals surface area contributed by atoms with Gasteiger partial charge in [0.1, 0.15) is 17.5 Å². The number of nitrogens with zero attached hydrogens (tertiary/aromatic N) is 1. The van der Waals surface area contributed by atoms with Gasteiger partial charge in [0.2, 0.25) is 0 Å². The highest BCUT2D eigenvalue weighted by Crippen LogP contribution is 2.34. The highest BCUT2D eigenvalue weighted by Gasteiger charge is 2.39. The largest absolute Gasteiger partial charge is 0.496 e. The molecule has 1 aromatic carbocycles. The summed E-state index contributed by atoms with van der Waals surface area (Å²) in [6, 6.07) is 2.39. The molecule has 0 saturated heterocycles. The molecule has 0 bridgehead atoms. The summed E-state index contributed by atoms with van der Waals surface area (Å²) in [7, 11) is 3.04. The molecule has 22 heavy (non-hydrogen) atoms. The van der Waals surface area contributed by atoms with Crippen molar-refractivity contribution in [1.29, 1.82) is 0 Å². The summed E-state index contributed by atoms with van der Waals surface area (Å²) in [6.45, 7) is 3.37. The van der Waals surface area contributed by atoms with E-state index in [4.69, 9.17) is 9.47 Å². The molecule has 0 radical (unpaired) electrons. The van der Waals surface area contributed by atoms with Crippen molar-refractivity contribution >= 4 is 11.9 Å². The molecule has 1 saturated carbocycles. The minimum absolute atomic E-state index is 0.00288. The predicted octanol–water partition coefficient (Wildman–Crippen LogP) is 2.09. The van der Waals surface area contributed by atoms with Gasteiger partial charge in [-0.3, -0.25) is 4.79 Å². The molecule has 0 aromatic heterocycles. The Balaban J connectivity index is 2.40. The second kappa shape index (κ2) is 6.25. The first kappa shape index (κ1) is 16.1. The van der Waals surface area contributed by atoms with E-state index in [-0.39, 0.29) is 11.9 Å². The second-order valence-corrected chi connectivity index (χ2v) is 5.46. The third-order valence-electron chi connectivity index (χ3n) is 3.95. The number of carboxylic acids is 1. The van der Waals surface area contributed by atoms with Gasteiger partial charge in [-0.15, -0.1) is 0 Å². The summed E-state index contributed by atoms with van der Waals surface area (Å²) in [4.78, 5) is 25.5. The smallest absolute Gasteiger partial charge is 0.326 e. The number of amides is 1. The Bertz CT molecular complexity index is 569. The van der Waals surface area contributed by atoms with E-state index in [9.17, 15) is 14.7 Å². The molecule has 1 atom stereocenters. The van der Waals surface area contributed by atoms with Crippen LogP contribution >= 0.6 is 0 Å². The van der Waals surface area contributed by atoms with Gasteiger partial charge in [0.05, 0.1) is 14.2 Å². The topological polar surface area (TPSA) is 76.1 Å². The van der Waals surface area contributed by atoms with Crippen molar-refractivity contribution in [2.45, 2.75) is 38.8 Å². The maximum absolute atomic E-state index is 12.8. The molecule has 1 amide bonds. The van der Waals surface area contributed by atoms with Crippen LogP contribution in [-0.4, -0.2) is 48.2 Å². The van der Waals surface area contributed by atoms with Gasteiger partial charge in [0.25, 0.3) is 5.91 Å². The van der Waals surface area contributed by atoms with E-state index in [2.05, 4.69) is 0 Å². The number of hydrogen-bond donors (Lipinski definition) is 1. The van der Waals surface area contributed by atoms with Crippen LogP contribution in [0.3, 0.4) is 0 Å². The minimum atomic E-state index is -1.01. The van der Waals surface area contributed by atoms with Gasteiger partial charge in [-0.25, -0.2) is 4.79 Å². The summed E-state index contributed by atoms with van der Waals surface area (Å²) in [5.74, 6) is -0.233. The first-order valence-corrected chi connectivity index (χ1v) is 7.18. The molecule has 6 nitrogen and oxygen atoms in total. The van der Waals surface area contributed by atoms with E-state index in [0.717, 1.165) is 18.4 Å². The normalized spacial score (nSPS) is 15.1. The van der Waals surface area contributed by atoms with Crippen molar-refractivity contribution in [3.05, 3.63) is 23.3 Å². The van der Waals surface area contributed by atoms with Crippen LogP contribution in [0.15, 0.2) is 12.1 Å². The van der Waals surface area contributed by atoms with Crippen molar-refractivity contribution < 1.29 is 24.2 Å². The van der Waals surface area contributed by atoms with Gasteiger partial charge < -0.3 is 19.5 Å². The lowest BCUT2D eigenvalue weighted by Gasteiger charge is -2.27. The van der Waals surface area contributed by atoms with E-state index in [0.29, 0.717) is 17.1 Å². The van der Waals surface area contributed by atoms with E-state index in [1.807, 2.05) is 6.92 Å². The SMILES string of the molecule is COc1cc(C(=O)N(C2CC2)C(C)C(=O)O)cc(OC)c1C. The zero-order valence-corrected chi connectivity index (χ0v) is 13.3. The summed E-state index contributed by atoms with van der Waals surface area (Å²) in [5, 5.41) is 9.23. The highest BCUT2D eigenvalue weighted by molar-refractivity contribution is 5.98. The number of benzene rings is 1. The van der Waals surface area contributed by atoms with Gasteiger partial charge >= 0.3 is 5.97 Å². The maximum atomic E-state index is 12.8. The summed E-state index contributed by atoms with van der Waals surface area (Å²) >= 11 is 0. The molecule has 1 N–H and O–H groups in total. The molecule has 1 aliphatic rings. The lowest BCUT2D eigenvalue weighted by molar-refractivity contribution is -0.141. The molecule has 1 aliphatic carbocycles. The first-order valence-electron chi connectivity index (χ1n) is 7.18. The molecule has 6 heteroatoms. The molecule has 1 aromatic rings. The van der Waals surface area contributed by atoms with Crippen molar-refractivity contribution in [3.8, 4) is 11.5 Å². The first-order chi connectivity index (χ1) is 10.4. The van der Waals surface area contributed by atoms with Crippen LogP contribution in [-0.2, 0) is 4.79 Å². The number of rotatable bonds is 6. The monoisotopic (exact) mass is 307 g/mol. The molecule has 2 rings (SSSR count). The van der Waals surface area contributed by atoms with Crippen LogP contribution in [0.5, 0.6) is 11.5 Å². The highest BCUT2D eigenvalue weighted by atomic mass is 16.5. The van der Waals surface area contributed by atoms with Crippen LogP contribution in [0.25, 0.3) is 0 Å². The standard InChI is InChI=1S/C16H21NO5/c1-9-13(21-3)7-11(8-14(9)22-4)15(18)17(12-5-6-12)10(2)16(19)20/h7-8,10,12H,5-6H2,1-4H3,(H,19,20). The average Bonchev–Trinajstić information content (AvgIpc) is 3.32. The minimum Gasteiger partial charge on any atom is -0.496 e. The van der Waals surface area contributed by atoms with E-state index < -0.39 is 12.0 Å². The molecule has 0 spiro atoms. The molecule has 1 fully saturated rings. The molecular formula is C16H21NO5. The van der Waals surface area contributed by atoms with Gasteiger partial charge in [-0.1, -0.05) is 0 Å². The van der Waals surface area contributed by atoms with Crippen LogP contribution in [0.1, 0.15) is 35.7 Å². The Morgan fingerprint density at radius 2 is 1.73 bits per heavy atom. The molecule has 1 unspecified atom stereocenters. The zero-order chi connectivity index (χ0) is 16.4. The fraction of sp³-hybridized carbons (Fsp3) is 0.500. The Hall–Kier alpha value is -2.24. The number of carboxylic acid groups (broad SMARTS) is 1.